The standard InChI is InChI=1S/C16H21N5O2/c1-12-5-8-21(19-12)15-4-3-14(17-18-15)20-9-6-16(7-10-20)22-11-13(2)23-16/h3-5,8,13H,6-7,9-11H2,1-2H3/t13-/m1/s1. The fourth-order valence-corrected chi connectivity index (χ4v) is 3.19. The Labute approximate surface area is 135 Å². The highest BCUT2D eigenvalue weighted by Crippen LogP contribution is 2.34. The molecule has 23 heavy (non-hydrogen) atoms. The van der Waals surface area contributed by atoms with E-state index in [1.807, 2.05) is 31.3 Å². The van der Waals surface area contributed by atoms with Gasteiger partial charge in [0.15, 0.2) is 17.4 Å². The average Bonchev–Trinajstić information content (AvgIpc) is 3.15. The molecule has 2 fully saturated rings. The fourth-order valence-electron chi connectivity index (χ4n) is 3.19. The van der Waals surface area contributed by atoms with Gasteiger partial charge in [0, 0.05) is 32.1 Å². The number of hydrogen-bond donors (Lipinski definition) is 0. The maximum absolute atomic E-state index is 5.96. The van der Waals surface area contributed by atoms with E-state index in [0.717, 1.165) is 43.3 Å². The summed E-state index contributed by atoms with van der Waals surface area (Å²) in [5, 5.41) is 13.0. The summed E-state index contributed by atoms with van der Waals surface area (Å²) in [5.41, 5.74) is 0.961. The van der Waals surface area contributed by atoms with E-state index in [1.165, 1.54) is 0 Å². The first-order valence-corrected chi connectivity index (χ1v) is 8.07. The lowest BCUT2D eigenvalue weighted by Crippen LogP contribution is -2.45. The van der Waals surface area contributed by atoms with Crippen molar-refractivity contribution in [2.45, 2.75) is 38.6 Å². The summed E-state index contributed by atoms with van der Waals surface area (Å²) in [6.45, 7) is 6.43. The van der Waals surface area contributed by atoms with Gasteiger partial charge in [-0.05, 0) is 32.0 Å². The third kappa shape index (κ3) is 2.82. The zero-order valence-corrected chi connectivity index (χ0v) is 13.5. The molecule has 1 atom stereocenters. The van der Waals surface area contributed by atoms with Gasteiger partial charge in [-0.2, -0.15) is 5.10 Å². The SMILES string of the molecule is Cc1ccn(-c2ccc(N3CCC4(CC3)OC[C@@H](C)O4)nn2)n1. The Bertz CT molecular complexity index is 676. The predicted octanol–water partition coefficient (Wildman–Crippen LogP) is 1.70. The van der Waals surface area contributed by atoms with Gasteiger partial charge in [-0.1, -0.05) is 0 Å². The molecule has 4 heterocycles. The van der Waals surface area contributed by atoms with Crippen molar-refractivity contribution >= 4 is 5.82 Å². The highest BCUT2D eigenvalue weighted by atomic mass is 16.7. The molecular formula is C16H21N5O2. The van der Waals surface area contributed by atoms with Crippen LogP contribution in [0.3, 0.4) is 0 Å². The minimum atomic E-state index is -0.379. The topological polar surface area (TPSA) is 65.3 Å². The fraction of sp³-hybridized carbons (Fsp3) is 0.562. The second-order valence-electron chi connectivity index (χ2n) is 6.29. The number of aromatic nitrogens is 4. The molecule has 2 aromatic heterocycles. The molecule has 0 unspecified atom stereocenters. The molecule has 122 valence electrons. The zero-order chi connectivity index (χ0) is 15.9. The number of piperidine rings is 1. The molecule has 2 aromatic rings. The molecule has 2 aliphatic rings. The minimum Gasteiger partial charge on any atom is -0.355 e. The third-order valence-corrected chi connectivity index (χ3v) is 4.44. The quantitative estimate of drug-likeness (QED) is 0.840. The second kappa shape index (κ2) is 5.58. The molecule has 0 aromatic carbocycles. The summed E-state index contributed by atoms with van der Waals surface area (Å²) in [6, 6.07) is 5.89. The van der Waals surface area contributed by atoms with Crippen LogP contribution in [0.2, 0.25) is 0 Å². The summed E-state index contributed by atoms with van der Waals surface area (Å²) in [6.07, 6.45) is 3.80. The van der Waals surface area contributed by atoms with Crippen molar-refractivity contribution in [1.29, 1.82) is 0 Å². The highest BCUT2D eigenvalue weighted by Gasteiger charge is 2.42. The largest absolute Gasteiger partial charge is 0.355 e. The van der Waals surface area contributed by atoms with Crippen LogP contribution in [0.1, 0.15) is 25.5 Å². The van der Waals surface area contributed by atoms with Crippen LogP contribution in [0.15, 0.2) is 24.4 Å². The first-order valence-electron chi connectivity index (χ1n) is 8.07. The number of anilines is 1. The summed E-state index contributed by atoms with van der Waals surface area (Å²) >= 11 is 0. The normalized spacial score (nSPS) is 23.6. The van der Waals surface area contributed by atoms with Crippen LogP contribution in [-0.4, -0.2) is 51.6 Å². The van der Waals surface area contributed by atoms with Gasteiger partial charge in [0.2, 0.25) is 0 Å². The molecular weight excluding hydrogens is 294 g/mol. The van der Waals surface area contributed by atoms with Crippen molar-refractivity contribution in [2.24, 2.45) is 0 Å². The van der Waals surface area contributed by atoms with E-state index >= 15 is 0 Å². The van der Waals surface area contributed by atoms with Crippen molar-refractivity contribution < 1.29 is 9.47 Å². The van der Waals surface area contributed by atoms with Crippen LogP contribution in [0.25, 0.3) is 5.82 Å². The number of nitrogens with zero attached hydrogens (tertiary/aromatic N) is 5. The summed E-state index contributed by atoms with van der Waals surface area (Å²) < 4.78 is 13.6. The lowest BCUT2D eigenvalue weighted by atomic mass is 10.0. The van der Waals surface area contributed by atoms with E-state index in [1.54, 1.807) is 4.68 Å². The Kier molecular flexibility index (Phi) is 3.54. The molecule has 0 radical (unpaired) electrons. The zero-order valence-electron chi connectivity index (χ0n) is 13.5. The van der Waals surface area contributed by atoms with Gasteiger partial charge in [-0.25, -0.2) is 4.68 Å². The predicted molar refractivity (Wildman–Crippen MR) is 84.6 cm³/mol. The lowest BCUT2D eigenvalue weighted by molar-refractivity contribution is -0.178. The number of ether oxygens (including phenoxy) is 2. The van der Waals surface area contributed by atoms with Crippen LogP contribution in [0.5, 0.6) is 0 Å². The van der Waals surface area contributed by atoms with Crippen LogP contribution in [0, 0.1) is 6.92 Å². The maximum Gasteiger partial charge on any atom is 0.175 e. The van der Waals surface area contributed by atoms with E-state index in [2.05, 4.69) is 27.1 Å². The molecule has 7 heteroatoms. The molecule has 0 saturated carbocycles. The molecule has 4 rings (SSSR count). The molecule has 2 aliphatic heterocycles. The first-order chi connectivity index (χ1) is 11.1. The van der Waals surface area contributed by atoms with E-state index < -0.39 is 0 Å². The van der Waals surface area contributed by atoms with Gasteiger partial charge < -0.3 is 14.4 Å². The van der Waals surface area contributed by atoms with Crippen LogP contribution < -0.4 is 4.90 Å². The minimum absolute atomic E-state index is 0.193. The lowest BCUT2D eigenvalue weighted by Gasteiger charge is -2.38. The van der Waals surface area contributed by atoms with Crippen LogP contribution >= 0.6 is 0 Å². The first kappa shape index (κ1) is 14.6. The molecule has 0 aliphatic carbocycles. The summed E-state index contributed by atoms with van der Waals surface area (Å²) in [4.78, 5) is 2.23. The molecule has 1 spiro atoms. The Hall–Kier alpha value is -1.99. The van der Waals surface area contributed by atoms with Crippen molar-refractivity contribution in [3.05, 3.63) is 30.1 Å². The maximum atomic E-state index is 5.96. The number of rotatable bonds is 2. The Morgan fingerprint density at radius 1 is 1.13 bits per heavy atom. The molecule has 0 N–H and O–H groups in total. The highest BCUT2D eigenvalue weighted by molar-refractivity contribution is 5.40. The van der Waals surface area contributed by atoms with E-state index in [-0.39, 0.29) is 11.9 Å². The molecule has 7 nitrogen and oxygen atoms in total. The van der Waals surface area contributed by atoms with Gasteiger partial charge in [-0.3, -0.25) is 0 Å². The van der Waals surface area contributed by atoms with Crippen LogP contribution in [-0.2, 0) is 9.47 Å². The van der Waals surface area contributed by atoms with Crippen LogP contribution in [0.4, 0.5) is 5.82 Å². The average molecular weight is 315 g/mol. The molecule has 0 amide bonds. The van der Waals surface area contributed by atoms with Crippen molar-refractivity contribution in [3.63, 3.8) is 0 Å². The van der Waals surface area contributed by atoms with E-state index in [9.17, 15) is 0 Å². The van der Waals surface area contributed by atoms with E-state index in [0.29, 0.717) is 6.61 Å². The third-order valence-electron chi connectivity index (χ3n) is 4.44. The van der Waals surface area contributed by atoms with Gasteiger partial charge in [0.1, 0.15) is 0 Å². The van der Waals surface area contributed by atoms with Gasteiger partial charge in [0.25, 0.3) is 0 Å². The Morgan fingerprint density at radius 2 is 1.87 bits per heavy atom. The van der Waals surface area contributed by atoms with Gasteiger partial charge >= 0.3 is 0 Å². The van der Waals surface area contributed by atoms with Crippen molar-refractivity contribution in [1.82, 2.24) is 20.0 Å². The number of hydrogen-bond acceptors (Lipinski definition) is 6. The van der Waals surface area contributed by atoms with Gasteiger partial charge in [-0.15, -0.1) is 10.2 Å². The Morgan fingerprint density at radius 3 is 2.43 bits per heavy atom. The molecule has 0 bridgehead atoms. The van der Waals surface area contributed by atoms with Crippen molar-refractivity contribution in [3.8, 4) is 5.82 Å². The monoisotopic (exact) mass is 315 g/mol. The number of aryl methyl sites for hydroxylation is 1. The van der Waals surface area contributed by atoms with Crippen molar-refractivity contribution in [2.75, 3.05) is 24.6 Å². The smallest absolute Gasteiger partial charge is 0.175 e. The Balaban J connectivity index is 1.43. The second-order valence-corrected chi connectivity index (χ2v) is 6.29. The molecule has 2 saturated heterocycles. The summed E-state index contributed by atoms with van der Waals surface area (Å²) in [5.74, 6) is 1.24. The van der Waals surface area contributed by atoms with Gasteiger partial charge in [0.05, 0.1) is 18.4 Å². The summed E-state index contributed by atoms with van der Waals surface area (Å²) in [7, 11) is 0. The van der Waals surface area contributed by atoms with E-state index in [4.69, 9.17) is 9.47 Å².